The molecule has 2 N–H and O–H groups in total. The number of hydrogen-bond acceptors (Lipinski definition) is 4. The van der Waals surface area contributed by atoms with Gasteiger partial charge < -0.3 is 5.32 Å². The fourth-order valence-electron chi connectivity index (χ4n) is 2.38. The highest BCUT2D eigenvalue weighted by Crippen LogP contribution is 2.15. The van der Waals surface area contributed by atoms with E-state index in [1.165, 1.54) is 0 Å². The molecule has 2 unspecified atom stereocenters. The molecule has 0 aliphatic carbocycles. The summed E-state index contributed by atoms with van der Waals surface area (Å²) in [4.78, 5) is 26.2. The molecule has 1 heterocycles. The summed E-state index contributed by atoms with van der Waals surface area (Å²) >= 11 is 3.31. The van der Waals surface area contributed by atoms with Crippen molar-refractivity contribution in [3.8, 4) is 0 Å². The third-order valence-corrected chi connectivity index (χ3v) is 4.30. The van der Waals surface area contributed by atoms with Crippen LogP contribution >= 0.6 is 15.9 Å². The van der Waals surface area contributed by atoms with Gasteiger partial charge in [-0.3, -0.25) is 19.8 Å². The third kappa shape index (κ3) is 4.36. The number of imide groups is 1. The number of nitrogens with one attached hydrogen (secondary N) is 2. The number of carbonyl (C=O) groups excluding carboxylic acids is 2. The summed E-state index contributed by atoms with van der Waals surface area (Å²) in [6.07, 6.45) is 0. The van der Waals surface area contributed by atoms with Gasteiger partial charge in [-0.15, -0.1) is 0 Å². The van der Waals surface area contributed by atoms with E-state index in [1.807, 2.05) is 6.07 Å². The minimum absolute atomic E-state index is 0.239. The van der Waals surface area contributed by atoms with Gasteiger partial charge in [-0.1, -0.05) is 12.1 Å². The molecule has 1 aliphatic rings. The van der Waals surface area contributed by atoms with Gasteiger partial charge in [0.2, 0.25) is 5.91 Å². The van der Waals surface area contributed by atoms with E-state index in [4.69, 9.17) is 0 Å². The molecule has 1 saturated heterocycles. The minimum Gasteiger partial charge on any atom is -0.311 e. The number of piperazine rings is 1. The Morgan fingerprint density at radius 1 is 1.38 bits per heavy atom. The topological polar surface area (TPSA) is 61.4 Å². The first-order chi connectivity index (χ1) is 9.97. The maximum Gasteiger partial charge on any atom is 0.259 e. The van der Waals surface area contributed by atoms with Crippen molar-refractivity contribution in [2.24, 2.45) is 0 Å². The largest absolute Gasteiger partial charge is 0.311 e. The maximum atomic E-state index is 12.1. The normalized spacial score (nSPS) is 22.8. The van der Waals surface area contributed by atoms with E-state index in [0.717, 1.165) is 13.1 Å². The number of carbonyl (C=O) groups is 2. The Bertz CT molecular complexity index is 535. The molecular weight excluding hydrogens is 334 g/mol. The number of nitrogens with zero attached hydrogens (tertiary/aromatic N) is 1. The van der Waals surface area contributed by atoms with E-state index in [1.54, 1.807) is 18.2 Å². The fourth-order valence-corrected chi connectivity index (χ4v) is 2.85. The van der Waals surface area contributed by atoms with E-state index in [9.17, 15) is 9.59 Å². The Balaban J connectivity index is 1.92. The standard InChI is InChI=1S/C15H20BrN3O2/c1-10-8-19(11(2)7-17-10)9-14(20)18-15(21)12-5-3-4-6-13(12)16/h3-6,10-11,17H,7-9H2,1-2H3,(H,18,20,21). The van der Waals surface area contributed by atoms with Crippen LogP contribution in [0.3, 0.4) is 0 Å². The Kier molecular flexibility index (Phi) is 5.50. The van der Waals surface area contributed by atoms with E-state index in [-0.39, 0.29) is 24.4 Å². The number of hydrogen-bond donors (Lipinski definition) is 2. The second-order valence-corrected chi connectivity index (χ2v) is 6.30. The van der Waals surface area contributed by atoms with Crippen LogP contribution in [0.2, 0.25) is 0 Å². The molecule has 1 fully saturated rings. The predicted molar refractivity (Wildman–Crippen MR) is 85.1 cm³/mol. The van der Waals surface area contributed by atoms with Crippen LogP contribution in [0.25, 0.3) is 0 Å². The van der Waals surface area contributed by atoms with Crippen molar-refractivity contribution in [3.05, 3.63) is 34.3 Å². The smallest absolute Gasteiger partial charge is 0.259 e. The van der Waals surface area contributed by atoms with E-state index < -0.39 is 0 Å². The second kappa shape index (κ2) is 7.15. The second-order valence-electron chi connectivity index (χ2n) is 5.44. The molecular formula is C15H20BrN3O2. The van der Waals surface area contributed by atoms with Gasteiger partial charge in [0.05, 0.1) is 12.1 Å². The van der Waals surface area contributed by atoms with Gasteiger partial charge >= 0.3 is 0 Å². The molecule has 2 rings (SSSR count). The van der Waals surface area contributed by atoms with Crippen LogP contribution in [0, 0.1) is 0 Å². The molecule has 2 atom stereocenters. The number of benzene rings is 1. The van der Waals surface area contributed by atoms with Gasteiger partial charge in [0.25, 0.3) is 5.91 Å². The van der Waals surface area contributed by atoms with Gasteiger partial charge in [-0.2, -0.15) is 0 Å². The van der Waals surface area contributed by atoms with Crippen LogP contribution in [-0.4, -0.2) is 48.4 Å². The van der Waals surface area contributed by atoms with Crippen LogP contribution in [0.4, 0.5) is 0 Å². The Morgan fingerprint density at radius 2 is 2.10 bits per heavy atom. The predicted octanol–water partition coefficient (Wildman–Crippen LogP) is 1.39. The lowest BCUT2D eigenvalue weighted by Crippen LogP contribution is -2.56. The molecule has 5 nitrogen and oxygen atoms in total. The van der Waals surface area contributed by atoms with Gasteiger partial charge in [0.15, 0.2) is 0 Å². The van der Waals surface area contributed by atoms with Crippen molar-refractivity contribution in [2.45, 2.75) is 25.9 Å². The van der Waals surface area contributed by atoms with E-state index in [0.29, 0.717) is 16.1 Å². The number of halogens is 1. The summed E-state index contributed by atoms with van der Waals surface area (Å²) in [7, 11) is 0. The number of amides is 2. The monoisotopic (exact) mass is 353 g/mol. The summed E-state index contributed by atoms with van der Waals surface area (Å²) < 4.78 is 0.680. The average molecular weight is 354 g/mol. The van der Waals surface area contributed by atoms with Crippen LogP contribution in [0.5, 0.6) is 0 Å². The summed E-state index contributed by atoms with van der Waals surface area (Å²) in [5.74, 6) is -0.639. The van der Waals surface area contributed by atoms with E-state index in [2.05, 4.69) is 45.3 Å². The van der Waals surface area contributed by atoms with Crippen molar-refractivity contribution in [1.29, 1.82) is 0 Å². The van der Waals surface area contributed by atoms with Gasteiger partial charge in [-0.05, 0) is 41.9 Å². The molecule has 1 aromatic rings. The molecule has 0 radical (unpaired) electrons. The Morgan fingerprint density at radius 3 is 2.81 bits per heavy atom. The molecule has 0 saturated carbocycles. The van der Waals surface area contributed by atoms with E-state index >= 15 is 0 Å². The molecule has 1 aliphatic heterocycles. The lowest BCUT2D eigenvalue weighted by molar-refractivity contribution is -0.122. The zero-order valence-corrected chi connectivity index (χ0v) is 13.8. The van der Waals surface area contributed by atoms with Crippen LogP contribution in [-0.2, 0) is 4.79 Å². The SMILES string of the molecule is CC1CN(CC(=O)NC(=O)c2ccccc2Br)C(C)CN1. The van der Waals surface area contributed by atoms with Crippen molar-refractivity contribution < 1.29 is 9.59 Å². The minimum atomic E-state index is -0.372. The Labute approximate surface area is 133 Å². The highest BCUT2D eigenvalue weighted by Gasteiger charge is 2.24. The van der Waals surface area contributed by atoms with Crippen molar-refractivity contribution >= 4 is 27.7 Å². The quantitative estimate of drug-likeness (QED) is 0.861. The average Bonchev–Trinajstić information content (AvgIpc) is 2.43. The maximum absolute atomic E-state index is 12.1. The summed E-state index contributed by atoms with van der Waals surface area (Å²) in [5, 5.41) is 5.81. The molecule has 1 aromatic carbocycles. The molecule has 0 aromatic heterocycles. The van der Waals surface area contributed by atoms with Crippen molar-refractivity contribution in [2.75, 3.05) is 19.6 Å². The molecule has 2 amide bonds. The van der Waals surface area contributed by atoms with Gasteiger partial charge in [-0.25, -0.2) is 0 Å². The first-order valence-electron chi connectivity index (χ1n) is 7.03. The summed E-state index contributed by atoms with van der Waals surface area (Å²) in [6.45, 7) is 6.05. The molecule has 114 valence electrons. The molecule has 6 heteroatoms. The third-order valence-electron chi connectivity index (χ3n) is 3.61. The fraction of sp³-hybridized carbons (Fsp3) is 0.467. The van der Waals surface area contributed by atoms with Crippen LogP contribution in [0.1, 0.15) is 24.2 Å². The lowest BCUT2D eigenvalue weighted by atomic mass is 10.1. The summed E-state index contributed by atoms with van der Waals surface area (Å²) in [5.41, 5.74) is 0.465. The first-order valence-corrected chi connectivity index (χ1v) is 7.83. The summed E-state index contributed by atoms with van der Waals surface area (Å²) in [6, 6.07) is 7.69. The number of rotatable bonds is 3. The lowest BCUT2D eigenvalue weighted by Gasteiger charge is -2.36. The molecule has 0 spiro atoms. The zero-order valence-electron chi connectivity index (χ0n) is 12.2. The van der Waals surface area contributed by atoms with Crippen LogP contribution in [0.15, 0.2) is 28.7 Å². The molecule has 0 bridgehead atoms. The zero-order chi connectivity index (χ0) is 15.4. The first kappa shape index (κ1) is 16.1. The van der Waals surface area contributed by atoms with Gasteiger partial charge in [0, 0.05) is 29.6 Å². The Hall–Kier alpha value is -1.24. The molecule has 21 heavy (non-hydrogen) atoms. The van der Waals surface area contributed by atoms with Crippen molar-refractivity contribution in [3.63, 3.8) is 0 Å². The van der Waals surface area contributed by atoms with Crippen LogP contribution < -0.4 is 10.6 Å². The van der Waals surface area contributed by atoms with Crippen molar-refractivity contribution in [1.82, 2.24) is 15.5 Å². The van der Waals surface area contributed by atoms with Gasteiger partial charge in [0.1, 0.15) is 0 Å². The highest BCUT2D eigenvalue weighted by atomic mass is 79.9. The highest BCUT2D eigenvalue weighted by molar-refractivity contribution is 9.10.